The van der Waals surface area contributed by atoms with Gasteiger partial charge in [0.1, 0.15) is 0 Å². The summed E-state index contributed by atoms with van der Waals surface area (Å²) in [5.41, 5.74) is 7.24. The maximum atomic E-state index is 12.3. The van der Waals surface area contributed by atoms with Crippen LogP contribution >= 0.6 is 11.6 Å². The van der Waals surface area contributed by atoms with Gasteiger partial charge in [-0.2, -0.15) is 0 Å². The van der Waals surface area contributed by atoms with Crippen molar-refractivity contribution in [1.82, 2.24) is 5.32 Å². The first-order chi connectivity index (χ1) is 12.0. The minimum atomic E-state index is -0.693. The molecule has 3 atom stereocenters. The molecule has 5 heteroatoms. The van der Waals surface area contributed by atoms with Crippen LogP contribution in [0.1, 0.15) is 50.5 Å². The van der Waals surface area contributed by atoms with Gasteiger partial charge in [0.05, 0.1) is 6.10 Å². The maximum absolute atomic E-state index is 12.3. The van der Waals surface area contributed by atoms with Crippen molar-refractivity contribution >= 4 is 17.5 Å². The van der Waals surface area contributed by atoms with Crippen LogP contribution in [-0.4, -0.2) is 30.2 Å². The minimum Gasteiger partial charge on any atom is -0.391 e. The third-order valence-electron chi connectivity index (χ3n) is 5.36. The zero-order chi connectivity index (χ0) is 18.2. The lowest BCUT2D eigenvalue weighted by Gasteiger charge is -2.28. The Labute approximate surface area is 156 Å². The lowest BCUT2D eigenvalue weighted by Crippen LogP contribution is -2.41. The molecule has 0 unspecified atom stereocenters. The fraction of sp³-hybridized carbons (Fsp3) is 0.650. The molecule has 1 aliphatic carbocycles. The van der Waals surface area contributed by atoms with Gasteiger partial charge in [-0.3, -0.25) is 4.79 Å². The number of amides is 1. The highest BCUT2D eigenvalue weighted by molar-refractivity contribution is 6.30. The number of rotatable bonds is 8. The second kappa shape index (κ2) is 10.1. The number of hydrogen-bond donors (Lipinski definition) is 3. The molecule has 1 saturated carbocycles. The fourth-order valence-corrected chi connectivity index (χ4v) is 3.96. The van der Waals surface area contributed by atoms with E-state index in [1.54, 1.807) is 7.05 Å². The molecule has 0 radical (unpaired) electrons. The van der Waals surface area contributed by atoms with Crippen LogP contribution in [0.25, 0.3) is 0 Å². The van der Waals surface area contributed by atoms with E-state index in [1.165, 1.54) is 32.1 Å². The van der Waals surface area contributed by atoms with Crippen molar-refractivity contribution in [1.29, 1.82) is 0 Å². The van der Waals surface area contributed by atoms with Crippen LogP contribution in [0.15, 0.2) is 24.3 Å². The van der Waals surface area contributed by atoms with Gasteiger partial charge < -0.3 is 16.2 Å². The quantitative estimate of drug-likeness (QED) is 0.660. The zero-order valence-electron chi connectivity index (χ0n) is 15.1. The average molecular weight is 367 g/mol. The number of benzene rings is 1. The summed E-state index contributed by atoms with van der Waals surface area (Å²) in [6, 6.07) is 7.11. The summed E-state index contributed by atoms with van der Waals surface area (Å²) < 4.78 is 0. The lowest BCUT2D eigenvalue weighted by molar-refractivity contribution is -0.126. The van der Waals surface area contributed by atoms with Crippen LogP contribution in [0.3, 0.4) is 0 Å². The molecular weight excluding hydrogens is 336 g/mol. The highest BCUT2D eigenvalue weighted by atomic mass is 35.5. The third-order valence-corrected chi connectivity index (χ3v) is 5.62. The second-order valence-corrected chi connectivity index (χ2v) is 7.78. The topological polar surface area (TPSA) is 75.3 Å². The van der Waals surface area contributed by atoms with Gasteiger partial charge >= 0.3 is 0 Å². The van der Waals surface area contributed by atoms with Gasteiger partial charge in [-0.25, -0.2) is 0 Å². The molecule has 1 amide bonds. The van der Waals surface area contributed by atoms with Crippen LogP contribution in [0, 0.1) is 11.8 Å². The van der Waals surface area contributed by atoms with Gasteiger partial charge in [-0.05, 0) is 42.9 Å². The van der Waals surface area contributed by atoms with E-state index in [9.17, 15) is 9.90 Å². The predicted molar refractivity (Wildman–Crippen MR) is 103 cm³/mol. The van der Waals surface area contributed by atoms with E-state index >= 15 is 0 Å². The molecule has 2 rings (SSSR count). The molecule has 0 aliphatic heterocycles. The van der Waals surface area contributed by atoms with E-state index in [0.717, 1.165) is 12.0 Å². The minimum absolute atomic E-state index is 0.0170. The second-order valence-electron chi connectivity index (χ2n) is 7.35. The SMILES string of the molecule is CNC(=O)[C@H](CC1CCCCC1)C[C@H](O)[C@@H](N)Cc1ccc(Cl)cc1. The van der Waals surface area contributed by atoms with Crippen molar-refractivity contribution < 1.29 is 9.90 Å². The summed E-state index contributed by atoms with van der Waals surface area (Å²) in [6.45, 7) is 0. The largest absolute Gasteiger partial charge is 0.391 e. The molecule has 0 heterocycles. The molecule has 25 heavy (non-hydrogen) atoms. The van der Waals surface area contributed by atoms with E-state index in [0.29, 0.717) is 23.8 Å². The van der Waals surface area contributed by atoms with Crippen LogP contribution in [-0.2, 0) is 11.2 Å². The molecule has 1 aliphatic rings. The first-order valence-corrected chi connectivity index (χ1v) is 9.77. The predicted octanol–water partition coefficient (Wildman–Crippen LogP) is 3.29. The van der Waals surface area contributed by atoms with E-state index in [4.69, 9.17) is 17.3 Å². The Bertz CT molecular complexity index is 529. The molecule has 4 N–H and O–H groups in total. The summed E-state index contributed by atoms with van der Waals surface area (Å²) in [5.74, 6) is 0.443. The fourth-order valence-electron chi connectivity index (χ4n) is 3.83. The average Bonchev–Trinajstić information content (AvgIpc) is 2.63. The lowest BCUT2D eigenvalue weighted by atomic mass is 9.80. The summed E-state index contributed by atoms with van der Waals surface area (Å²) in [4.78, 5) is 12.3. The van der Waals surface area contributed by atoms with E-state index in [-0.39, 0.29) is 17.9 Å². The van der Waals surface area contributed by atoms with Gasteiger partial charge in [0, 0.05) is 24.0 Å². The number of nitrogens with one attached hydrogen (secondary N) is 1. The Morgan fingerprint density at radius 2 is 1.92 bits per heavy atom. The smallest absolute Gasteiger partial charge is 0.222 e. The van der Waals surface area contributed by atoms with Crippen molar-refractivity contribution in [3.63, 3.8) is 0 Å². The Balaban J connectivity index is 1.91. The first kappa shape index (κ1) is 20.2. The molecule has 0 spiro atoms. The highest BCUT2D eigenvalue weighted by Gasteiger charge is 2.28. The Hall–Kier alpha value is -1.10. The number of aliphatic hydroxyl groups excluding tert-OH is 1. The number of aliphatic hydroxyl groups is 1. The van der Waals surface area contributed by atoms with Crippen molar-refractivity contribution in [3.05, 3.63) is 34.9 Å². The van der Waals surface area contributed by atoms with Gasteiger partial charge in [0.2, 0.25) is 5.91 Å². The van der Waals surface area contributed by atoms with Gasteiger partial charge in [-0.1, -0.05) is 55.8 Å². The Morgan fingerprint density at radius 1 is 1.28 bits per heavy atom. The van der Waals surface area contributed by atoms with Crippen molar-refractivity contribution in [3.8, 4) is 0 Å². The maximum Gasteiger partial charge on any atom is 0.222 e. The standard InChI is InChI=1S/C20H31ClN2O2/c1-23-20(25)16(11-14-5-3-2-4-6-14)13-19(24)18(22)12-15-7-9-17(21)10-8-15/h7-10,14,16,18-19,24H,2-6,11-13,22H2,1H3,(H,23,25)/t16-,18+,19+/m1/s1. The van der Waals surface area contributed by atoms with E-state index in [2.05, 4.69) is 5.32 Å². The van der Waals surface area contributed by atoms with Crippen molar-refractivity contribution in [2.75, 3.05) is 7.05 Å². The summed E-state index contributed by atoms with van der Waals surface area (Å²) in [7, 11) is 1.66. The number of carbonyl (C=O) groups is 1. The van der Waals surface area contributed by atoms with Crippen molar-refractivity contribution in [2.24, 2.45) is 17.6 Å². The summed E-state index contributed by atoms with van der Waals surface area (Å²) in [6.07, 6.45) is 7.35. The molecule has 0 bridgehead atoms. The Morgan fingerprint density at radius 3 is 2.52 bits per heavy atom. The molecule has 140 valence electrons. The monoisotopic (exact) mass is 366 g/mol. The summed E-state index contributed by atoms with van der Waals surface area (Å²) in [5, 5.41) is 14.0. The van der Waals surface area contributed by atoms with Crippen molar-refractivity contribution in [2.45, 2.75) is 63.5 Å². The highest BCUT2D eigenvalue weighted by Crippen LogP contribution is 2.31. The molecular formula is C20H31ClN2O2. The molecule has 1 aromatic carbocycles. The van der Waals surface area contributed by atoms with E-state index < -0.39 is 6.10 Å². The van der Waals surface area contributed by atoms with Gasteiger partial charge in [-0.15, -0.1) is 0 Å². The Kier molecular flexibility index (Phi) is 8.20. The van der Waals surface area contributed by atoms with Crippen LogP contribution in [0.5, 0.6) is 0 Å². The molecule has 1 aromatic rings. The van der Waals surface area contributed by atoms with Gasteiger partial charge in [0.15, 0.2) is 0 Å². The zero-order valence-corrected chi connectivity index (χ0v) is 15.8. The number of carbonyl (C=O) groups excluding carboxylic acids is 1. The van der Waals surface area contributed by atoms with E-state index in [1.807, 2.05) is 24.3 Å². The number of hydrogen-bond acceptors (Lipinski definition) is 3. The van der Waals surface area contributed by atoms with Crippen LogP contribution < -0.4 is 11.1 Å². The number of halogens is 1. The normalized spacial score (nSPS) is 19.2. The molecule has 4 nitrogen and oxygen atoms in total. The van der Waals surface area contributed by atoms with Gasteiger partial charge in [0.25, 0.3) is 0 Å². The number of nitrogens with two attached hydrogens (primary N) is 1. The molecule has 0 aromatic heterocycles. The molecule has 1 fully saturated rings. The molecule has 0 saturated heterocycles. The van der Waals surface area contributed by atoms with Crippen LogP contribution in [0.2, 0.25) is 5.02 Å². The summed E-state index contributed by atoms with van der Waals surface area (Å²) >= 11 is 5.90. The third kappa shape index (κ3) is 6.61. The van der Waals surface area contributed by atoms with Crippen LogP contribution in [0.4, 0.5) is 0 Å². The first-order valence-electron chi connectivity index (χ1n) is 9.39.